The molecule has 4 heteroatoms. The molecule has 1 saturated carbocycles. The van der Waals surface area contributed by atoms with Crippen LogP contribution < -0.4 is 11.1 Å². The lowest BCUT2D eigenvalue weighted by molar-refractivity contribution is -0.122. The first kappa shape index (κ1) is 15.0. The first-order chi connectivity index (χ1) is 10.5. The third-order valence-corrected chi connectivity index (χ3v) is 4.80. The molecule has 22 heavy (non-hydrogen) atoms. The number of pyridine rings is 1. The van der Waals surface area contributed by atoms with Gasteiger partial charge in [-0.1, -0.05) is 18.9 Å². The highest BCUT2D eigenvalue weighted by molar-refractivity contribution is 6.02. The van der Waals surface area contributed by atoms with E-state index in [1.54, 1.807) is 6.20 Å². The number of aryl methyl sites for hydroxylation is 1. The van der Waals surface area contributed by atoms with E-state index >= 15 is 0 Å². The van der Waals surface area contributed by atoms with Crippen LogP contribution >= 0.6 is 0 Å². The van der Waals surface area contributed by atoms with Gasteiger partial charge in [-0.2, -0.15) is 0 Å². The molecule has 1 fully saturated rings. The van der Waals surface area contributed by atoms with E-state index < -0.39 is 5.54 Å². The molecule has 3 N–H and O–H groups in total. The zero-order chi connectivity index (χ0) is 15.7. The zero-order valence-corrected chi connectivity index (χ0v) is 13.2. The fourth-order valence-corrected chi connectivity index (χ4v) is 3.43. The van der Waals surface area contributed by atoms with E-state index in [2.05, 4.69) is 10.3 Å². The van der Waals surface area contributed by atoms with Gasteiger partial charge in [0.1, 0.15) is 0 Å². The van der Waals surface area contributed by atoms with E-state index in [-0.39, 0.29) is 11.8 Å². The lowest BCUT2D eigenvalue weighted by Crippen LogP contribution is -2.51. The Balaban J connectivity index is 1.90. The van der Waals surface area contributed by atoms with Crippen LogP contribution in [0.15, 0.2) is 30.5 Å². The second-order valence-corrected chi connectivity index (χ2v) is 6.62. The molecule has 0 aliphatic heterocycles. The van der Waals surface area contributed by atoms with Gasteiger partial charge in [-0.25, -0.2) is 0 Å². The van der Waals surface area contributed by atoms with Crippen molar-refractivity contribution in [3.8, 4) is 0 Å². The SMILES string of the molecule is Cc1ccc(NC(=O)C2CCCCC2(C)N)c2cccnc12. The topological polar surface area (TPSA) is 68.0 Å². The van der Waals surface area contributed by atoms with Crippen molar-refractivity contribution in [2.45, 2.75) is 45.1 Å². The number of nitrogens with zero attached hydrogens (tertiary/aromatic N) is 1. The van der Waals surface area contributed by atoms with Gasteiger partial charge in [0.15, 0.2) is 0 Å². The summed E-state index contributed by atoms with van der Waals surface area (Å²) in [6, 6.07) is 7.83. The number of aromatic nitrogens is 1. The minimum Gasteiger partial charge on any atom is -0.325 e. The molecule has 4 nitrogen and oxygen atoms in total. The van der Waals surface area contributed by atoms with Crippen molar-refractivity contribution in [1.82, 2.24) is 4.98 Å². The first-order valence-corrected chi connectivity index (χ1v) is 7.93. The number of amides is 1. The molecule has 116 valence electrons. The van der Waals surface area contributed by atoms with Gasteiger partial charge in [0.25, 0.3) is 0 Å². The highest BCUT2D eigenvalue weighted by atomic mass is 16.1. The van der Waals surface area contributed by atoms with Gasteiger partial charge < -0.3 is 11.1 Å². The van der Waals surface area contributed by atoms with Crippen molar-refractivity contribution < 1.29 is 4.79 Å². The molecule has 2 aromatic rings. The predicted octanol–water partition coefficient (Wildman–Crippen LogP) is 3.39. The van der Waals surface area contributed by atoms with Crippen molar-refractivity contribution in [2.24, 2.45) is 11.7 Å². The molecule has 1 aromatic carbocycles. The third kappa shape index (κ3) is 2.71. The van der Waals surface area contributed by atoms with Crippen LogP contribution in [-0.4, -0.2) is 16.4 Å². The normalized spacial score (nSPS) is 25.1. The molecule has 1 aliphatic carbocycles. The minimum atomic E-state index is -0.416. The lowest BCUT2D eigenvalue weighted by atomic mass is 9.74. The van der Waals surface area contributed by atoms with Crippen molar-refractivity contribution >= 4 is 22.5 Å². The largest absolute Gasteiger partial charge is 0.325 e. The van der Waals surface area contributed by atoms with Gasteiger partial charge >= 0.3 is 0 Å². The molecule has 0 bridgehead atoms. The summed E-state index contributed by atoms with van der Waals surface area (Å²) in [5.41, 5.74) is 8.78. The number of benzene rings is 1. The highest BCUT2D eigenvalue weighted by Gasteiger charge is 2.37. The summed E-state index contributed by atoms with van der Waals surface area (Å²) in [4.78, 5) is 17.1. The number of carbonyl (C=O) groups excluding carboxylic acids is 1. The maximum atomic E-state index is 12.7. The van der Waals surface area contributed by atoms with Crippen LogP contribution in [0, 0.1) is 12.8 Å². The first-order valence-electron chi connectivity index (χ1n) is 7.93. The quantitative estimate of drug-likeness (QED) is 0.892. The molecular weight excluding hydrogens is 274 g/mol. The van der Waals surface area contributed by atoms with Gasteiger partial charge in [-0.3, -0.25) is 9.78 Å². The molecule has 0 spiro atoms. The standard InChI is InChI=1S/C18H23N3O/c1-12-8-9-15(13-6-5-11-20-16(12)13)21-17(22)14-7-3-4-10-18(14,2)19/h5-6,8-9,11,14H,3-4,7,10,19H2,1-2H3,(H,21,22). The molecule has 1 amide bonds. The summed E-state index contributed by atoms with van der Waals surface area (Å²) >= 11 is 0. The van der Waals surface area contributed by atoms with Crippen LogP contribution in [0.4, 0.5) is 5.69 Å². The number of rotatable bonds is 2. The summed E-state index contributed by atoms with van der Waals surface area (Å²) in [5, 5.41) is 4.06. The molecule has 1 heterocycles. The molecule has 1 aromatic heterocycles. The van der Waals surface area contributed by atoms with Crippen molar-refractivity contribution in [2.75, 3.05) is 5.32 Å². The van der Waals surface area contributed by atoms with Gasteiger partial charge in [0.2, 0.25) is 5.91 Å². The minimum absolute atomic E-state index is 0.0266. The van der Waals surface area contributed by atoms with E-state index in [9.17, 15) is 4.79 Å². The summed E-state index contributed by atoms with van der Waals surface area (Å²) in [6.07, 6.45) is 5.72. The van der Waals surface area contributed by atoms with Crippen LogP contribution in [0.25, 0.3) is 10.9 Å². The van der Waals surface area contributed by atoms with Gasteiger partial charge in [-0.15, -0.1) is 0 Å². The summed E-state index contributed by atoms with van der Waals surface area (Å²) in [7, 11) is 0. The number of hydrogen-bond acceptors (Lipinski definition) is 3. The average molecular weight is 297 g/mol. The van der Waals surface area contributed by atoms with E-state index in [1.165, 1.54) is 0 Å². The van der Waals surface area contributed by atoms with Gasteiger partial charge in [0, 0.05) is 17.1 Å². The zero-order valence-electron chi connectivity index (χ0n) is 13.2. The molecule has 3 rings (SSSR count). The Bertz CT molecular complexity index is 709. The number of anilines is 1. The fraction of sp³-hybridized carbons (Fsp3) is 0.444. The lowest BCUT2D eigenvalue weighted by Gasteiger charge is -2.37. The second kappa shape index (κ2) is 5.69. The van der Waals surface area contributed by atoms with Crippen molar-refractivity contribution in [1.29, 1.82) is 0 Å². The smallest absolute Gasteiger partial charge is 0.229 e. The Kier molecular flexibility index (Phi) is 3.87. The molecule has 0 saturated heterocycles. The maximum Gasteiger partial charge on any atom is 0.229 e. The van der Waals surface area contributed by atoms with Crippen LogP contribution in [0.3, 0.4) is 0 Å². The van der Waals surface area contributed by atoms with Crippen LogP contribution in [0.1, 0.15) is 38.2 Å². The van der Waals surface area contributed by atoms with E-state index in [0.717, 1.165) is 47.8 Å². The Morgan fingerprint density at radius 1 is 1.36 bits per heavy atom. The second-order valence-electron chi connectivity index (χ2n) is 6.62. The molecule has 2 unspecified atom stereocenters. The summed E-state index contributed by atoms with van der Waals surface area (Å²) < 4.78 is 0. The Morgan fingerprint density at radius 2 is 2.18 bits per heavy atom. The monoisotopic (exact) mass is 297 g/mol. The number of nitrogens with one attached hydrogen (secondary N) is 1. The average Bonchev–Trinajstić information content (AvgIpc) is 2.50. The van der Waals surface area contributed by atoms with Crippen molar-refractivity contribution in [3.63, 3.8) is 0 Å². The van der Waals surface area contributed by atoms with Crippen LogP contribution in [0.5, 0.6) is 0 Å². The predicted molar refractivity (Wildman–Crippen MR) is 89.7 cm³/mol. The number of carbonyl (C=O) groups is 1. The maximum absolute atomic E-state index is 12.7. The highest BCUT2D eigenvalue weighted by Crippen LogP contribution is 2.33. The van der Waals surface area contributed by atoms with Gasteiger partial charge in [0.05, 0.1) is 17.1 Å². The Morgan fingerprint density at radius 3 is 2.95 bits per heavy atom. The molecular formula is C18H23N3O. The molecule has 2 atom stereocenters. The van der Waals surface area contributed by atoms with Crippen LogP contribution in [0.2, 0.25) is 0 Å². The fourth-order valence-electron chi connectivity index (χ4n) is 3.43. The van der Waals surface area contributed by atoms with Crippen molar-refractivity contribution in [3.05, 3.63) is 36.0 Å². The summed E-state index contributed by atoms with van der Waals surface area (Å²) in [5.74, 6) is -0.104. The van der Waals surface area contributed by atoms with E-state index in [0.29, 0.717) is 0 Å². The molecule has 0 radical (unpaired) electrons. The van der Waals surface area contributed by atoms with E-state index in [4.69, 9.17) is 5.73 Å². The number of nitrogens with two attached hydrogens (primary N) is 1. The van der Waals surface area contributed by atoms with Crippen LogP contribution in [-0.2, 0) is 4.79 Å². The number of hydrogen-bond donors (Lipinski definition) is 2. The van der Waals surface area contributed by atoms with Gasteiger partial charge in [-0.05, 0) is 50.5 Å². The third-order valence-electron chi connectivity index (χ3n) is 4.80. The van der Waals surface area contributed by atoms with E-state index in [1.807, 2.05) is 38.1 Å². The summed E-state index contributed by atoms with van der Waals surface area (Å²) in [6.45, 7) is 4.02. The Labute approximate surface area is 131 Å². The Hall–Kier alpha value is -1.94. The number of fused-ring (bicyclic) bond motifs is 1. The molecule has 1 aliphatic rings.